The number of carbonyl (C=O) groups excluding carboxylic acids is 1. The van der Waals surface area contributed by atoms with Crippen molar-refractivity contribution in [2.75, 3.05) is 19.8 Å². The van der Waals surface area contributed by atoms with Crippen LogP contribution in [-0.2, 0) is 20.9 Å². The van der Waals surface area contributed by atoms with Gasteiger partial charge in [-0.05, 0) is 11.5 Å². The summed E-state index contributed by atoms with van der Waals surface area (Å²) in [6, 6.07) is 6.11. The molecule has 9 nitrogen and oxygen atoms in total. The second-order valence-corrected chi connectivity index (χ2v) is 8.20. The molecule has 0 bridgehead atoms. The Morgan fingerprint density at radius 2 is 1.75 bits per heavy atom. The predicted octanol–water partition coefficient (Wildman–Crippen LogP) is 3.36. The molecule has 1 aromatic carbocycles. The monoisotopic (exact) mass is 396 g/mol. The van der Waals surface area contributed by atoms with E-state index in [9.17, 15) is 19.7 Å². The minimum atomic E-state index is -1.09. The number of esters is 1. The van der Waals surface area contributed by atoms with Gasteiger partial charge in [-0.15, -0.1) is 0 Å². The van der Waals surface area contributed by atoms with Gasteiger partial charge in [0.1, 0.15) is 6.61 Å². The van der Waals surface area contributed by atoms with Crippen LogP contribution in [0.4, 0.5) is 10.5 Å². The van der Waals surface area contributed by atoms with Crippen LogP contribution < -0.4 is 5.32 Å². The van der Waals surface area contributed by atoms with E-state index in [4.69, 9.17) is 14.6 Å². The first-order chi connectivity index (χ1) is 12.9. The van der Waals surface area contributed by atoms with E-state index >= 15 is 0 Å². The summed E-state index contributed by atoms with van der Waals surface area (Å²) < 4.78 is 10.9. The predicted molar refractivity (Wildman–Crippen MR) is 102 cm³/mol. The molecule has 28 heavy (non-hydrogen) atoms. The Kier molecular flexibility index (Phi) is 8.36. The second kappa shape index (κ2) is 10.0. The van der Waals surface area contributed by atoms with Crippen molar-refractivity contribution in [2.45, 2.75) is 40.7 Å². The number of carbonyl (C=O) groups is 2. The van der Waals surface area contributed by atoms with Crippen LogP contribution in [0.5, 0.6) is 0 Å². The zero-order chi connectivity index (χ0) is 21.4. The Bertz CT molecular complexity index is 701. The molecule has 1 amide bonds. The third-order valence-electron chi connectivity index (χ3n) is 3.90. The van der Waals surface area contributed by atoms with Crippen molar-refractivity contribution in [1.29, 1.82) is 0 Å². The molecule has 0 fully saturated rings. The molecule has 2 N–H and O–H groups in total. The molecule has 0 saturated carbocycles. The molecule has 0 radical (unpaired) electrons. The third kappa shape index (κ3) is 8.81. The summed E-state index contributed by atoms with van der Waals surface area (Å²) in [7, 11) is 0. The van der Waals surface area contributed by atoms with E-state index in [-0.39, 0.29) is 37.3 Å². The molecule has 0 aliphatic rings. The zero-order valence-electron chi connectivity index (χ0n) is 16.7. The minimum absolute atomic E-state index is 0.0848. The molecule has 0 aliphatic carbocycles. The number of nitro benzene ring substituents is 1. The number of rotatable bonds is 11. The molecule has 0 heterocycles. The van der Waals surface area contributed by atoms with Crippen LogP contribution in [0.15, 0.2) is 24.3 Å². The lowest BCUT2D eigenvalue weighted by Gasteiger charge is -2.28. The Labute approximate surface area is 164 Å². The number of para-hydroxylation sites is 1. The smallest absolute Gasteiger partial charge is 0.404 e. The Morgan fingerprint density at radius 1 is 1.14 bits per heavy atom. The highest BCUT2D eigenvalue weighted by atomic mass is 16.6. The quantitative estimate of drug-likeness (QED) is 0.333. The van der Waals surface area contributed by atoms with Crippen LogP contribution in [0, 0.1) is 20.9 Å². The van der Waals surface area contributed by atoms with Gasteiger partial charge in [-0.1, -0.05) is 39.8 Å². The lowest BCUT2D eigenvalue weighted by molar-refractivity contribution is -0.385. The number of hydrogen-bond donors (Lipinski definition) is 2. The molecular weight excluding hydrogens is 368 g/mol. The third-order valence-corrected chi connectivity index (χ3v) is 3.90. The van der Waals surface area contributed by atoms with Gasteiger partial charge in [0.05, 0.1) is 30.1 Å². The summed E-state index contributed by atoms with van der Waals surface area (Å²) in [6.07, 6.45) is -1.00. The highest BCUT2D eigenvalue weighted by Gasteiger charge is 2.26. The van der Waals surface area contributed by atoms with E-state index in [2.05, 4.69) is 5.32 Å². The van der Waals surface area contributed by atoms with Gasteiger partial charge in [0, 0.05) is 18.0 Å². The van der Waals surface area contributed by atoms with Gasteiger partial charge in [0.25, 0.3) is 5.69 Å². The number of benzene rings is 1. The average Bonchev–Trinajstić information content (AvgIpc) is 2.57. The molecule has 0 aromatic heterocycles. The van der Waals surface area contributed by atoms with E-state index in [0.717, 1.165) is 0 Å². The number of nitrogens with zero attached hydrogens (tertiary/aromatic N) is 1. The summed E-state index contributed by atoms with van der Waals surface area (Å²) in [4.78, 5) is 33.2. The number of carboxylic acid groups (broad SMARTS) is 1. The highest BCUT2D eigenvalue weighted by molar-refractivity contribution is 5.70. The van der Waals surface area contributed by atoms with Crippen LogP contribution in [-0.4, -0.2) is 41.9 Å². The fraction of sp³-hybridized carbons (Fsp3) is 0.579. The van der Waals surface area contributed by atoms with Crippen LogP contribution in [0.2, 0.25) is 0 Å². The summed E-state index contributed by atoms with van der Waals surface area (Å²) >= 11 is 0. The molecule has 0 saturated heterocycles. The summed E-state index contributed by atoms with van der Waals surface area (Å²) in [5, 5.41) is 22.0. The van der Waals surface area contributed by atoms with Gasteiger partial charge < -0.3 is 19.9 Å². The minimum Gasteiger partial charge on any atom is -0.465 e. The Hall–Kier alpha value is -2.68. The van der Waals surface area contributed by atoms with Crippen molar-refractivity contribution in [3.63, 3.8) is 0 Å². The summed E-state index contributed by atoms with van der Waals surface area (Å²) in [5.74, 6) is -0.474. The maximum Gasteiger partial charge on any atom is 0.404 e. The maximum atomic E-state index is 12.1. The van der Waals surface area contributed by atoms with Crippen LogP contribution in [0.1, 0.15) is 39.7 Å². The number of hydrogen-bond acceptors (Lipinski definition) is 6. The molecule has 1 rings (SSSR count). The standard InChI is InChI=1S/C19H28N2O7/c1-18(2,12-27-13-19(3,4)11-20-17(23)24)9-16(22)28-10-14-7-5-6-8-15(14)21(25)26/h5-8,20H,9-13H2,1-4H3,(H,23,24). The first-order valence-corrected chi connectivity index (χ1v) is 8.84. The van der Waals surface area contributed by atoms with Crippen molar-refractivity contribution >= 4 is 17.7 Å². The maximum absolute atomic E-state index is 12.1. The number of nitrogens with one attached hydrogen (secondary N) is 1. The largest absolute Gasteiger partial charge is 0.465 e. The molecule has 0 unspecified atom stereocenters. The topological polar surface area (TPSA) is 128 Å². The van der Waals surface area contributed by atoms with Crippen LogP contribution in [0.3, 0.4) is 0 Å². The van der Waals surface area contributed by atoms with Gasteiger partial charge in [-0.3, -0.25) is 14.9 Å². The number of amides is 1. The second-order valence-electron chi connectivity index (χ2n) is 8.20. The van der Waals surface area contributed by atoms with Crippen molar-refractivity contribution in [3.8, 4) is 0 Å². The molecule has 0 spiro atoms. The highest BCUT2D eigenvalue weighted by Crippen LogP contribution is 2.24. The van der Waals surface area contributed by atoms with Gasteiger partial charge in [-0.25, -0.2) is 4.79 Å². The first-order valence-electron chi connectivity index (χ1n) is 8.84. The number of nitro groups is 1. The van der Waals surface area contributed by atoms with Gasteiger partial charge in [0.15, 0.2) is 0 Å². The fourth-order valence-corrected chi connectivity index (χ4v) is 2.43. The Balaban J connectivity index is 2.46. The molecule has 0 atom stereocenters. The van der Waals surface area contributed by atoms with Crippen molar-refractivity contribution in [3.05, 3.63) is 39.9 Å². The lowest BCUT2D eigenvalue weighted by atomic mass is 9.90. The molecule has 9 heteroatoms. The fourth-order valence-electron chi connectivity index (χ4n) is 2.43. The SMILES string of the molecule is CC(C)(CNC(=O)O)COCC(C)(C)CC(=O)OCc1ccccc1[N+](=O)[O-]. The van der Waals surface area contributed by atoms with E-state index in [0.29, 0.717) is 12.2 Å². The molecular formula is C19H28N2O7. The van der Waals surface area contributed by atoms with Crippen molar-refractivity contribution in [2.24, 2.45) is 10.8 Å². The van der Waals surface area contributed by atoms with Gasteiger partial charge in [-0.2, -0.15) is 0 Å². The number of ether oxygens (including phenoxy) is 2. The van der Waals surface area contributed by atoms with Crippen LogP contribution in [0.25, 0.3) is 0 Å². The van der Waals surface area contributed by atoms with E-state index in [1.165, 1.54) is 6.07 Å². The molecule has 0 aliphatic heterocycles. The van der Waals surface area contributed by atoms with Gasteiger partial charge in [0.2, 0.25) is 0 Å². The van der Waals surface area contributed by atoms with Crippen LogP contribution >= 0.6 is 0 Å². The van der Waals surface area contributed by atoms with Crippen molar-refractivity contribution < 1.29 is 29.1 Å². The lowest BCUT2D eigenvalue weighted by Crippen LogP contribution is -2.37. The van der Waals surface area contributed by atoms with E-state index in [1.807, 2.05) is 27.7 Å². The molecule has 156 valence electrons. The van der Waals surface area contributed by atoms with Crippen molar-refractivity contribution in [1.82, 2.24) is 5.32 Å². The van der Waals surface area contributed by atoms with E-state index in [1.54, 1.807) is 18.2 Å². The first kappa shape index (κ1) is 23.4. The average molecular weight is 396 g/mol. The normalized spacial score (nSPS) is 11.7. The summed E-state index contributed by atoms with van der Waals surface area (Å²) in [6.45, 7) is 8.13. The Morgan fingerprint density at radius 3 is 2.36 bits per heavy atom. The van der Waals surface area contributed by atoms with E-state index < -0.39 is 22.4 Å². The molecule has 1 aromatic rings. The zero-order valence-corrected chi connectivity index (χ0v) is 16.7. The van der Waals surface area contributed by atoms with Gasteiger partial charge >= 0.3 is 12.1 Å². The summed E-state index contributed by atoms with van der Waals surface area (Å²) in [5.41, 5.74) is -0.644.